The van der Waals surface area contributed by atoms with Crippen LogP contribution < -0.4 is 9.73 Å². The van der Waals surface area contributed by atoms with Crippen LogP contribution in [-0.4, -0.2) is 27.1 Å². The summed E-state index contributed by atoms with van der Waals surface area (Å²) in [6, 6.07) is 22.9. The number of nitrogens with zero attached hydrogens (tertiary/aromatic N) is 2. The molecule has 0 saturated heterocycles. The van der Waals surface area contributed by atoms with Crippen LogP contribution in [0.15, 0.2) is 88.9 Å². The number of anilines is 1. The van der Waals surface area contributed by atoms with Crippen molar-refractivity contribution in [3.8, 4) is 0 Å². The summed E-state index contributed by atoms with van der Waals surface area (Å²) in [6.07, 6.45) is 1.53. The molecule has 0 aliphatic heterocycles. The number of amides is 1. The Bertz CT molecular complexity index is 1170. The van der Waals surface area contributed by atoms with Gasteiger partial charge >= 0.3 is 0 Å². The number of carbonyl (C=O) groups excluding carboxylic acids is 1. The van der Waals surface area contributed by atoms with Crippen molar-refractivity contribution in [3.05, 3.63) is 95.6 Å². The van der Waals surface area contributed by atoms with Crippen LogP contribution in [0.5, 0.6) is 0 Å². The van der Waals surface area contributed by atoms with E-state index in [1.807, 2.05) is 31.2 Å². The van der Waals surface area contributed by atoms with Crippen molar-refractivity contribution in [1.82, 2.24) is 5.43 Å². The van der Waals surface area contributed by atoms with Gasteiger partial charge in [0.25, 0.3) is 15.9 Å². The number of carbonyl (C=O) groups is 1. The van der Waals surface area contributed by atoms with Crippen LogP contribution in [0.4, 0.5) is 5.69 Å². The lowest BCUT2D eigenvalue weighted by atomic mass is 10.0. The molecule has 0 heterocycles. The van der Waals surface area contributed by atoms with Crippen LogP contribution in [0.2, 0.25) is 0 Å². The number of hydrogen-bond donors (Lipinski definition) is 1. The molecular formula is C25H27N3O3S. The number of benzene rings is 3. The van der Waals surface area contributed by atoms with Gasteiger partial charge in [0.05, 0.1) is 16.8 Å². The first-order valence-electron chi connectivity index (χ1n) is 10.3. The Balaban J connectivity index is 1.77. The number of hydrazone groups is 1. The van der Waals surface area contributed by atoms with E-state index in [-0.39, 0.29) is 4.90 Å². The number of rotatable bonds is 8. The van der Waals surface area contributed by atoms with Crippen LogP contribution in [0.1, 0.15) is 36.5 Å². The molecule has 3 rings (SSSR count). The van der Waals surface area contributed by atoms with E-state index >= 15 is 0 Å². The smallest absolute Gasteiger partial charge is 0.264 e. The second kappa shape index (κ2) is 10.2. The zero-order valence-corrected chi connectivity index (χ0v) is 19.2. The highest BCUT2D eigenvalue weighted by molar-refractivity contribution is 7.92. The predicted octanol–water partition coefficient (Wildman–Crippen LogP) is 4.46. The first-order chi connectivity index (χ1) is 15.3. The van der Waals surface area contributed by atoms with Crippen LogP contribution in [-0.2, 0) is 14.8 Å². The van der Waals surface area contributed by atoms with Gasteiger partial charge in [0.2, 0.25) is 0 Å². The maximum absolute atomic E-state index is 13.2. The zero-order valence-electron chi connectivity index (χ0n) is 18.4. The maximum Gasteiger partial charge on any atom is 0.264 e. The topological polar surface area (TPSA) is 78.8 Å². The van der Waals surface area contributed by atoms with E-state index in [1.54, 1.807) is 42.5 Å². The van der Waals surface area contributed by atoms with Gasteiger partial charge in [-0.15, -0.1) is 0 Å². The first-order valence-corrected chi connectivity index (χ1v) is 11.8. The summed E-state index contributed by atoms with van der Waals surface area (Å²) in [4.78, 5) is 12.7. The number of hydrogen-bond acceptors (Lipinski definition) is 4. The van der Waals surface area contributed by atoms with Crippen molar-refractivity contribution in [1.29, 1.82) is 0 Å². The van der Waals surface area contributed by atoms with Crippen LogP contribution in [0.25, 0.3) is 0 Å². The molecule has 0 fully saturated rings. The molecule has 0 atom stereocenters. The molecule has 166 valence electrons. The van der Waals surface area contributed by atoms with Gasteiger partial charge in [0, 0.05) is 0 Å². The van der Waals surface area contributed by atoms with Crippen molar-refractivity contribution >= 4 is 27.8 Å². The minimum atomic E-state index is -3.93. The van der Waals surface area contributed by atoms with E-state index in [2.05, 4.69) is 24.4 Å². The highest BCUT2D eigenvalue weighted by Gasteiger charge is 2.26. The quantitative estimate of drug-likeness (QED) is 0.407. The van der Waals surface area contributed by atoms with Crippen LogP contribution in [0, 0.1) is 6.92 Å². The van der Waals surface area contributed by atoms with Crippen LogP contribution >= 0.6 is 0 Å². The van der Waals surface area contributed by atoms with Crippen molar-refractivity contribution in [2.24, 2.45) is 5.10 Å². The third-order valence-electron chi connectivity index (χ3n) is 4.95. The van der Waals surface area contributed by atoms with Gasteiger partial charge in [0.15, 0.2) is 0 Å². The third-order valence-corrected chi connectivity index (χ3v) is 6.73. The van der Waals surface area contributed by atoms with E-state index in [0.717, 1.165) is 15.4 Å². The predicted molar refractivity (Wildman–Crippen MR) is 128 cm³/mol. The second-order valence-electron chi connectivity index (χ2n) is 7.77. The molecule has 0 saturated carbocycles. The van der Waals surface area contributed by atoms with Crippen molar-refractivity contribution in [3.63, 3.8) is 0 Å². The summed E-state index contributed by atoms with van der Waals surface area (Å²) >= 11 is 0. The monoisotopic (exact) mass is 449 g/mol. The largest absolute Gasteiger partial charge is 0.271 e. The minimum absolute atomic E-state index is 0.113. The molecule has 1 N–H and O–H groups in total. The molecule has 32 heavy (non-hydrogen) atoms. The lowest BCUT2D eigenvalue weighted by Gasteiger charge is -2.23. The summed E-state index contributed by atoms with van der Waals surface area (Å²) in [5, 5.41) is 3.99. The van der Waals surface area contributed by atoms with E-state index < -0.39 is 22.5 Å². The average molecular weight is 450 g/mol. The average Bonchev–Trinajstić information content (AvgIpc) is 2.79. The molecule has 0 unspecified atom stereocenters. The van der Waals surface area contributed by atoms with E-state index in [4.69, 9.17) is 0 Å². The van der Waals surface area contributed by atoms with Gasteiger partial charge in [-0.05, 0) is 48.2 Å². The second-order valence-corrected chi connectivity index (χ2v) is 9.64. The third kappa shape index (κ3) is 5.82. The molecular weight excluding hydrogens is 422 g/mol. The van der Waals surface area contributed by atoms with Crippen molar-refractivity contribution in [2.45, 2.75) is 31.6 Å². The van der Waals surface area contributed by atoms with Gasteiger partial charge in [-0.2, -0.15) is 5.10 Å². The Morgan fingerprint density at radius 2 is 1.59 bits per heavy atom. The summed E-state index contributed by atoms with van der Waals surface area (Å²) < 4.78 is 27.6. The molecule has 0 aliphatic carbocycles. The maximum atomic E-state index is 13.2. The normalized spacial score (nSPS) is 11.6. The summed E-state index contributed by atoms with van der Waals surface area (Å²) in [5.41, 5.74) is 5.87. The Morgan fingerprint density at radius 3 is 2.19 bits per heavy atom. The van der Waals surface area contributed by atoms with Crippen molar-refractivity contribution in [2.75, 3.05) is 10.8 Å². The SMILES string of the molecule is Cc1ccc(N(CC(=O)N/N=C\c2ccc(C(C)C)cc2)S(=O)(=O)c2ccccc2)cc1. The number of sulfonamides is 1. The first kappa shape index (κ1) is 23.2. The standard InChI is InChI=1S/C25H27N3O3S/c1-19(2)22-13-11-21(12-14-22)17-26-27-25(29)18-28(23-15-9-20(3)10-16-23)32(30,31)24-7-5-4-6-8-24/h4-17,19H,18H2,1-3H3,(H,27,29)/b26-17-. The van der Waals surface area contributed by atoms with Gasteiger partial charge in [-0.25, -0.2) is 13.8 Å². The van der Waals surface area contributed by atoms with Crippen LogP contribution in [0.3, 0.4) is 0 Å². The summed E-state index contributed by atoms with van der Waals surface area (Å²) in [6.45, 7) is 5.75. The molecule has 0 bridgehead atoms. The van der Waals surface area contributed by atoms with Crippen molar-refractivity contribution < 1.29 is 13.2 Å². The van der Waals surface area contributed by atoms with Gasteiger partial charge in [-0.1, -0.05) is 74.0 Å². The molecule has 3 aromatic rings. The van der Waals surface area contributed by atoms with Gasteiger partial charge in [0.1, 0.15) is 6.54 Å². The fourth-order valence-electron chi connectivity index (χ4n) is 3.06. The molecule has 0 radical (unpaired) electrons. The fraction of sp³-hybridized carbons (Fsp3) is 0.200. The Morgan fingerprint density at radius 1 is 0.969 bits per heavy atom. The molecule has 3 aromatic carbocycles. The lowest BCUT2D eigenvalue weighted by molar-refractivity contribution is -0.119. The van der Waals surface area contributed by atoms with E-state index in [0.29, 0.717) is 11.6 Å². The summed E-state index contributed by atoms with van der Waals surface area (Å²) in [7, 11) is -3.93. The van der Waals surface area contributed by atoms with Gasteiger partial charge in [-0.3, -0.25) is 9.10 Å². The molecule has 0 spiro atoms. The molecule has 0 aromatic heterocycles. The van der Waals surface area contributed by atoms with Gasteiger partial charge < -0.3 is 0 Å². The molecule has 7 heteroatoms. The number of aryl methyl sites for hydroxylation is 1. The molecule has 0 aliphatic rings. The molecule has 1 amide bonds. The van der Waals surface area contributed by atoms with E-state index in [9.17, 15) is 13.2 Å². The Kier molecular flexibility index (Phi) is 7.43. The highest BCUT2D eigenvalue weighted by atomic mass is 32.2. The molecule has 6 nitrogen and oxygen atoms in total. The van der Waals surface area contributed by atoms with E-state index in [1.165, 1.54) is 23.9 Å². The summed E-state index contributed by atoms with van der Waals surface area (Å²) in [5.74, 6) is -0.111. The fourth-order valence-corrected chi connectivity index (χ4v) is 4.50. The number of nitrogens with one attached hydrogen (secondary N) is 1. The Hall–Kier alpha value is -3.45. The Labute approximate surface area is 189 Å². The highest BCUT2D eigenvalue weighted by Crippen LogP contribution is 2.23. The minimum Gasteiger partial charge on any atom is -0.271 e. The lowest BCUT2D eigenvalue weighted by Crippen LogP contribution is -2.39. The zero-order chi connectivity index (χ0) is 23.1.